The van der Waals surface area contributed by atoms with Gasteiger partial charge in [0.25, 0.3) is 6.02 Å². The molecule has 1 aromatic rings. The van der Waals surface area contributed by atoms with E-state index in [1.54, 1.807) is 0 Å². The summed E-state index contributed by atoms with van der Waals surface area (Å²) in [7, 11) is 0. The maximum absolute atomic E-state index is 5.51. The SMILES string of the molecule is CCN(C[C@H]1COC(N)=N1)c1cccc(C)c1. The van der Waals surface area contributed by atoms with Crippen LogP contribution in [-0.4, -0.2) is 31.8 Å². The van der Waals surface area contributed by atoms with Crippen LogP contribution in [0, 0.1) is 6.92 Å². The third-order valence-electron chi connectivity index (χ3n) is 2.91. The highest BCUT2D eigenvalue weighted by Crippen LogP contribution is 2.17. The van der Waals surface area contributed by atoms with E-state index >= 15 is 0 Å². The van der Waals surface area contributed by atoms with Crippen LogP contribution in [0.4, 0.5) is 5.69 Å². The second kappa shape index (κ2) is 5.08. The highest BCUT2D eigenvalue weighted by molar-refractivity contribution is 5.73. The van der Waals surface area contributed by atoms with E-state index in [0.29, 0.717) is 12.6 Å². The number of benzene rings is 1. The van der Waals surface area contributed by atoms with Gasteiger partial charge in [-0.15, -0.1) is 0 Å². The molecule has 0 saturated carbocycles. The fourth-order valence-corrected chi connectivity index (χ4v) is 2.03. The van der Waals surface area contributed by atoms with E-state index in [0.717, 1.165) is 13.1 Å². The van der Waals surface area contributed by atoms with Gasteiger partial charge < -0.3 is 15.4 Å². The van der Waals surface area contributed by atoms with Gasteiger partial charge in [-0.2, -0.15) is 0 Å². The fourth-order valence-electron chi connectivity index (χ4n) is 2.03. The van der Waals surface area contributed by atoms with Gasteiger partial charge in [-0.3, -0.25) is 0 Å². The molecule has 0 radical (unpaired) electrons. The Morgan fingerprint density at radius 3 is 2.94 bits per heavy atom. The lowest BCUT2D eigenvalue weighted by molar-refractivity contribution is 0.313. The molecule has 2 rings (SSSR count). The first-order valence-electron chi connectivity index (χ1n) is 5.96. The van der Waals surface area contributed by atoms with E-state index in [1.165, 1.54) is 11.3 Å². The zero-order valence-corrected chi connectivity index (χ0v) is 10.4. The summed E-state index contributed by atoms with van der Waals surface area (Å²) in [6.07, 6.45) is 0. The highest BCUT2D eigenvalue weighted by Gasteiger charge is 2.19. The quantitative estimate of drug-likeness (QED) is 0.858. The van der Waals surface area contributed by atoms with Gasteiger partial charge in [0, 0.05) is 18.8 Å². The zero-order chi connectivity index (χ0) is 12.3. The van der Waals surface area contributed by atoms with Crippen LogP contribution in [0.1, 0.15) is 12.5 Å². The van der Waals surface area contributed by atoms with Crippen molar-refractivity contribution in [3.05, 3.63) is 29.8 Å². The van der Waals surface area contributed by atoms with Crippen molar-refractivity contribution in [1.29, 1.82) is 0 Å². The molecule has 0 amide bonds. The Balaban J connectivity index is 2.06. The number of aliphatic imine (C=N–C) groups is 1. The first-order valence-corrected chi connectivity index (χ1v) is 5.96. The highest BCUT2D eigenvalue weighted by atomic mass is 16.5. The number of amidine groups is 1. The molecule has 0 aromatic heterocycles. The van der Waals surface area contributed by atoms with Crippen molar-refractivity contribution < 1.29 is 4.74 Å². The van der Waals surface area contributed by atoms with Crippen LogP contribution in [0.15, 0.2) is 29.3 Å². The smallest absolute Gasteiger partial charge is 0.282 e. The number of anilines is 1. The third-order valence-corrected chi connectivity index (χ3v) is 2.91. The standard InChI is InChI=1S/C13H19N3O/c1-3-16(8-11-9-17-13(14)15-11)12-6-4-5-10(2)7-12/h4-7,11H,3,8-9H2,1-2H3,(H2,14,15)/t11-/m0/s1. The van der Waals surface area contributed by atoms with Gasteiger partial charge in [0.1, 0.15) is 12.6 Å². The van der Waals surface area contributed by atoms with Crippen LogP contribution in [-0.2, 0) is 4.74 Å². The van der Waals surface area contributed by atoms with E-state index in [-0.39, 0.29) is 6.04 Å². The number of hydrogen-bond donors (Lipinski definition) is 1. The van der Waals surface area contributed by atoms with Crippen molar-refractivity contribution in [2.24, 2.45) is 10.7 Å². The van der Waals surface area contributed by atoms with Crippen LogP contribution in [0.5, 0.6) is 0 Å². The molecular weight excluding hydrogens is 214 g/mol. The molecule has 0 fully saturated rings. The Kier molecular flexibility index (Phi) is 3.52. The van der Waals surface area contributed by atoms with Gasteiger partial charge in [-0.1, -0.05) is 12.1 Å². The number of nitrogens with zero attached hydrogens (tertiary/aromatic N) is 2. The summed E-state index contributed by atoms with van der Waals surface area (Å²) in [4.78, 5) is 6.55. The molecule has 1 atom stereocenters. The number of likely N-dealkylation sites (N-methyl/N-ethyl adjacent to an activating group) is 1. The summed E-state index contributed by atoms with van der Waals surface area (Å²) >= 11 is 0. The maximum atomic E-state index is 5.51. The Morgan fingerprint density at radius 2 is 2.35 bits per heavy atom. The lowest BCUT2D eigenvalue weighted by Crippen LogP contribution is -2.32. The lowest BCUT2D eigenvalue weighted by Gasteiger charge is -2.25. The van der Waals surface area contributed by atoms with E-state index in [1.807, 2.05) is 0 Å². The summed E-state index contributed by atoms with van der Waals surface area (Å²) in [5.74, 6) is 0. The van der Waals surface area contributed by atoms with Crippen LogP contribution in [0.25, 0.3) is 0 Å². The Morgan fingerprint density at radius 1 is 1.53 bits per heavy atom. The molecule has 1 heterocycles. The van der Waals surface area contributed by atoms with Gasteiger partial charge in [0.05, 0.1) is 0 Å². The molecule has 1 aliphatic heterocycles. The first kappa shape index (κ1) is 11.8. The molecule has 2 N–H and O–H groups in total. The second-order valence-corrected chi connectivity index (χ2v) is 4.31. The zero-order valence-electron chi connectivity index (χ0n) is 10.4. The summed E-state index contributed by atoms with van der Waals surface area (Å²) < 4.78 is 5.17. The number of hydrogen-bond acceptors (Lipinski definition) is 4. The minimum absolute atomic E-state index is 0.149. The van der Waals surface area contributed by atoms with Gasteiger partial charge in [0.2, 0.25) is 0 Å². The van der Waals surface area contributed by atoms with Crippen molar-refractivity contribution in [3.63, 3.8) is 0 Å². The van der Waals surface area contributed by atoms with Crippen LogP contribution in [0.2, 0.25) is 0 Å². The van der Waals surface area contributed by atoms with Crippen molar-refractivity contribution in [1.82, 2.24) is 0 Å². The number of rotatable bonds is 4. The Bertz CT molecular complexity index is 417. The molecule has 0 aliphatic carbocycles. The molecule has 4 nitrogen and oxygen atoms in total. The van der Waals surface area contributed by atoms with Crippen molar-refractivity contribution in [2.75, 3.05) is 24.6 Å². The molecule has 0 spiro atoms. The molecule has 4 heteroatoms. The molecule has 1 aromatic carbocycles. The van der Waals surface area contributed by atoms with Crippen molar-refractivity contribution in [3.8, 4) is 0 Å². The Labute approximate surface area is 102 Å². The molecule has 92 valence electrons. The minimum Gasteiger partial charge on any atom is -0.463 e. The van der Waals surface area contributed by atoms with Crippen LogP contribution >= 0.6 is 0 Å². The average molecular weight is 233 g/mol. The number of ether oxygens (including phenoxy) is 1. The lowest BCUT2D eigenvalue weighted by atomic mass is 10.2. The van der Waals surface area contributed by atoms with Gasteiger partial charge in [-0.05, 0) is 31.5 Å². The van der Waals surface area contributed by atoms with E-state index in [4.69, 9.17) is 10.5 Å². The van der Waals surface area contributed by atoms with Gasteiger partial charge in [-0.25, -0.2) is 4.99 Å². The largest absolute Gasteiger partial charge is 0.463 e. The number of nitrogens with two attached hydrogens (primary N) is 1. The normalized spacial score (nSPS) is 18.7. The minimum atomic E-state index is 0.149. The van der Waals surface area contributed by atoms with Crippen molar-refractivity contribution in [2.45, 2.75) is 19.9 Å². The second-order valence-electron chi connectivity index (χ2n) is 4.31. The Hall–Kier alpha value is -1.71. The predicted molar refractivity (Wildman–Crippen MR) is 70.4 cm³/mol. The van der Waals surface area contributed by atoms with E-state index < -0.39 is 0 Å². The molecule has 1 aliphatic rings. The third kappa shape index (κ3) is 2.90. The molecular formula is C13H19N3O. The summed E-state index contributed by atoms with van der Waals surface area (Å²) in [6, 6.07) is 8.96. The van der Waals surface area contributed by atoms with Gasteiger partial charge >= 0.3 is 0 Å². The fraction of sp³-hybridized carbons (Fsp3) is 0.462. The van der Waals surface area contributed by atoms with Crippen LogP contribution in [0.3, 0.4) is 0 Å². The topological polar surface area (TPSA) is 50.9 Å². The van der Waals surface area contributed by atoms with Crippen molar-refractivity contribution >= 4 is 11.7 Å². The molecule has 0 unspecified atom stereocenters. The van der Waals surface area contributed by atoms with Gasteiger partial charge in [0.15, 0.2) is 0 Å². The summed E-state index contributed by atoms with van der Waals surface area (Å²) in [5, 5.41) is 0. The first-order chi connectivity index (χ1) is 8.19. The monoisotopic (exact) mass is 233 g/mol. The molecule has 0 bridgehead atoms. The number of aryl methyl sites for hydroxylation is 1. The summed E-state index contributed by atoms with van der Waals surface area (Å²) in [5.41, 5.74) is 8.01. The average Bonchev–Trinajstić information content (AvgIpc) is 2.72. The summed E-state index contributed by atoms with van der Waals surface area (Å²) in [6.45, 7) is 6.64. The molecule has 17 heavy (non-hydrogen) atoms. The predicted octanol–water partition coefficient (Wildman–Crippen LogP) is 1.53. The maximum Gasteiger partial charge on any atom is 0.282 e. The molecule has 0 saturated heterocycles. The van der Waals surface area contributed by atoms with Crippen LogP contribution < -0.4 is 10.6 Å². The van der Waals surface area contributed by atoms with E-state index in [2.05, 4.69) is 48.0 Å². The van der Waals surface area contributed by atoms with E-state index in [9.17, 15) is 0 Å².